The molecule has 0 aliphatic rings. The summed E-state index contributed by atoms with van der Waals surface area (Å²) in [5, 5.41) is 8.98. The number of nitrogens with one attached hydrogen (secondary N) is 1. The van der Waals surface area contributed by atoms with Crippen LogP contribution in [0.5, 0.6) is 0 Å². The summed E-state index contributed by atoms with van der Waals surface area (Å²) >= 11 is 0.932. The molecule has 0 radical (unpaired) electrons. The number of rotatable bonds is 6. The zero-order chi connectivity index (χ0) is 19.5. The van der Waals surface area contributed by atoms with Gasteiger partial charge in [-0.3, -0.25) is 4.79 Å². The van der Waals surface area contributed by atoms with E-state index in [4.69, 9.17) is 0 Å². The Morgan fingerprint density at radius 2 is 1.92 bits per heavy atom. The molecular formula is C17H21F3N4OS. The van der Waals surface area contributed by atoms with Gasteiger partial charge in [-0.05, 0) is 30.9 Å². The molecule has 0 aliphatic heterocycles. The number of nitrogens with zero attached hydrogens (tertiary/aromatic N) is 3. The summed E-state index contributed by atoms with van der Waals surface area (Å²) in [7, 11) is 1.23. The van der Waals surface area contributed by atoms with E-state index < -0.39 is 17.3 Å². The molecule has 0 bridgehead atoms. The Balaban J connectivity index is 2.11. The number of carbonyl (C=O) groups excluding carboxylic acids is 1. The van der Waals surface area contributed by atoms with Crippen molar-refractivity contribution in [1.29, 1.82) is 0 Å². The molecule has 1 aromatic heterocycles. The van der Waals surface area contributed by atoms with Gasteiger partial charge in [-0.1, -0.05) is 43.8 Å². The third-order valence-electron chi connectivity index (χ3n) is 4.10. The highest BCUT2D eigenvalue weighted by Crippen LogP contribution is 2.31. The maximum Gasteiger partial charge on any atom is 0.451 e. The third-order valence-corrected chi connectivity index (χ3v) is 5.24. The monoisotopic (exact) mass is 386 g/mol. The second kappa shape index (κ2) is 8.11. The average Bonchev–Trinajstić information content (AvgIpc) is 2.95. The Kier molecular flexibility index (Phi) is 6.33. The van der Waals surface area contributed by atoms with Crippen molar-refractivity contribution in [3.05, 3.63) is 35.7 Å². The van der Waals surface area contributed by atoms with Crippen LogP contribution in [0.1, 0.15) is 44.5 Å². The van der Waals surface area contributed by atoms with Crippen molar-refractivity contribution in [2.75, 3.05) is 5.32 Å². The molecule has 1 N–H and O–H groups in total. The van der Waals surface area contributed by atoms with Crippen molar-refractivity contribution in [3.63, 3.8) is 0 Å². The van der Waals surface area contributed by atoms with E-state index in [1.807, 2.05) is 24.3 Å². The molecule has 0 fully saturated rings. The molecule has 1 aromatic carbocycles. The molecule has 2 aromatic rings. The summed E-state index contributed by atoms with van der Waals surface area (Å²) < 4.78 is 39.2. The van der Waals surface area contributed by atoms with E-state index in [0.29, 0.717) is 5.69 Å². The van der Waals surface area contributed by atoms with Crippen LogP contribution in [0.3, 0.4) is 0 Å². The number of hydrogen-bond donors (Lipinski definition) is 1. The van der Waals surface area contributed by atoms with Gasteiger partial charge in [0.1, 0.15) is 0 Å². The van der Waals surface area contributed by atoms with Gasteiger partial charge in [-0.2, -0.15) is 13.2 Å². The van der Waals surface area contributed by atoms with E-state index in [0.717, 1.165) is 28.3 Å². The molecule has 26 heavy (non-hydrogen) atoms. The summed E-state index contributed by atoms with van der Waals surface area (Å²) in [5.74, 6) is -1.11. The van der Waals surface area contributed by atoms with Crippen molar-refractivity contribution >= 4 is 23.4 Å². The SMILES string of the molecule is CCC(C)c1ccccc1NC(=O)C(C)Sc1nnc(C(F)(F)F)n1C. The summed E-state index contributed by atoms with van der Waals surface area (Å²) in [6, 6.07) is 7.52. The van der Waals surface area contributed by atoms with E-state index in [-0.39, 0.29) is 17.0 Å². The zero-order valence-corrected chi connectivity index (χ0v) is 15.8. The number of anilines is 1. The van der Waals surface area contributed by atoms with Gasteiger partial charge in [0.2, 0.25) is 11.7 Å². The average molecular weight is 386 g/mol. The Morgan fingerprint density at radius 1 is 1.27 bits per heavy atom. The first kappa shape index (κ1) is 20.3. The Bertz CT molecular complexity index is 776. The fraction of sp³-hybridized carbons (Fsp3) is 0.471. The van der Waals surface area contributed by atoms with Crippen LogP contribution in [0.2, 0.25) is 0 Å². The van der Waals surface area contributed by atoms with Gasteiger partial charge in [-0.15, -0.1) is 10.2 Å². The highest BCUT2D eigenvalue weighted by Gasteiger charge is 2.38. The third kappa shape index (κ3) is 4.57. The summed E-state index contributed by atoms with van der Waals surface area (Å²) in [6.45, 7) is 5.75. The topological polar surface area (TPSA) is 59.8 Å². The first-order chi connectivity index (χ1) is 12.1. The van der Waals surface area contributed by atoms with Gasteiger partial charge in [-0.25, -0.2) is 0 Å². The first-order valence-electron chi connectivity index (χ1n) is 8.18. The molecule has 142 valence electrons. The van der Waals surface area contributed by atoms with Crippen molar-refractivity contribution in [1.82, 2.24) is 14.8 Å². The number of hydrogen-bond acceptors (Lipinski definition) is 4. The molecule has 0 saturated heterocycles. The molecular weight excluding hydrogens is 365 g/mol. The predicted molar refractivity (Wildman–Crippen MR) is 95.1 cm³/mol. The number of amides is 1. The van der Waals surface area contributed by atoms with Crippen molar-refractivity contribution in [2.45, 2.75) is 49.7 Å². The molecule has 9 heteroatoms. The summed E-state index contributed by atoms with van der Waals surface area (Å²) in [4.78, 5) is 12.5. The van der Waals surface area contributed by atoms with Gasteiger partial charge in [0.15, 0.2) is 5.16 Å². The summed E-state index contributed by atoms with van der Waals surface area (Å²) in [5.41, 5.74) is 1.74. The molecule has 1 amide bonds. The lowest BCUT2D eigenvalue weighted by molar-refractivity contribution is -0.147. The number of carbonyl (C=O) groups is 1. The van der Waals surface area contributed by atoms with Crippen molar-refractivity contribution < 1.29 is 18.0 Å². The fourth-order valence-electron chi connectivity index (χ4n) is 2.37. The lowest BCUT2D eigenvalue weighted by Crippen LogP contribution is -2.24. The second-order valence-corrected chi connectivity index (χ2v) is 7.32. The van der Waals surface area contributed by atoms with Crippen molar-refractivity contribution in [2.24, 2.45) is 7.05 Å². The number of halogens is 3. The number of benzene rings is 1. The predicted octanol–water partition coefficient (Wildman–Crippen LogP) is 4.47. The van der Waals surface area contributed by atoms with Crippen LogP contribution < -0.4 is 5.32 Å². The van der Waals surface area contributed by atoms with Crippen LogP contribution >= 0.6 is 11.8 Å². The van der Waals surface area contributed by atoms with Crippen LogP contribution in [0.15, 0.2) is 29.4 Å². The van der Waals surface area contributed by atoms with Crippen LogP contribution in [0.25, 0.3) is 0 Å². The molecule has 1 heterocycles. The Hall–Kier alpha value is -2.03. The van der Waals surface area contributed by atoms with Crippen LogP contribution in [0.4, 0.5) is 18.9 Å². The molecule has 0 aliphatic carbocycles. The number of para-hydroxylation sites is 1. The standard InChI is InChI=1S/C17H21F3N4OS/c1-5-10(2)12-8-6-7-9-13(12)21-14(25)11(3)26-16-23-22-15(24(16)4)17(18,19)20/h6-11H,5H2,1-4H3,(H,21,25). The minimum atomic E-state index is -4.58. The number of alkyl halides is 3. The number of aromatic nitrogens is 3. The molecule has 5 nitrogen and oxygen atoms in total. The minimum absolute atomic E-state index is 0.0372. The maximum atomic E-state index is 12.8. The van der Waals surface area contributed by atoms with E-state index in [9.17, 15) is 18.0 Å². The van der Waals surface area contributed by atoms with Crippen LogP contribution in [0, 0.1) is 0 Å². The molecule has 0 saturated carbocycles. The smallest absolute Gasteiger partial charge is 0.325 e. The van der Waals surface area contributed by atoms with Gasteiger partial charge in [0, 0.05) is 12.7 Å². The van der Waals surface area contributed by atoms with Gasteiger partial charge in [0.05, 0.1) is 5.25 Å². The first-order valence-corrected chi connectivity index (χ1v) is 9.06. The van der Waals surface area contributed by atoms with Gasteiger partial charge in [0.25, 0.3) is 0 Å². The normalized spacial score (nSPS) is 14.1. The van der Waals surface area contributed by atoms with Crippen LogP contribution in [-0.2, 0) is 18.0 Å². The Morgan fingerprint density at radius 3 is 2.50 bits per heavy atom. The zero-order valence-electron chi connectivity index (χ0n) is 15.0. The lowest BCUT2D eigenvalue weighted by atomic mass is 9.97. The quantitative estimate of drug-likeness (QED) is 0.745. The van der Waals surface area contributed by atoms with Crippen molar-refractivity contribution in [3.8, 4) is 0 Å². The highest BCUT2D eigenvalue weighted by molar-refractivity contribution is 8.00. The molecule has 2 atom stereocenters. The highest BCUT2D eigenvalue weighted by atomic mass is 32.2. The fourth-order valence-corrected chi connectivity index (χ4v) is 3.19. The van der Waals surface area contributed by atoms with E-state index >= 15 is 0 Å². The van der Waals surface area contributed by atoms with Gasteiger partial charge < -0.3 is 9.88 Å². The second-order valence-electron chi connectivity index (χ2n) is 6.01. The maximum absolute atomic E-state index is 12.8. The van der Waals surface area contributed by atoms with Gasteiger partial charge >= 0.3 is 6.18 Å². The van der Waals surface area contributed by atoms with E-state index in [1.54, 1.807) is 6.92 Å². The Labute approximate surface area is 154 Å². The van der Waals surface area contributed by atoms with E-state index in [1.165, 1.54) is 7.05 Å². The minimum Gasteiger partial charge on any atom is -0.325 e. The van der Waals surface area contributed by atoms with Crippen LogP contribution in [-0.4, -0.2) is 25.9 Å². The van der Waals surface area contributed by atoms with E-state index in [2.05, 4.69) is 29.4 Å². The lowest BCUT2D eigenvalue weighted by Gasteiger charge is -2.17. The largest absolute Gasteiger partial charge is 0.451 e. The summed E-state index contributed by atoms with van der Waals surface area (Å²) in [6.07, 6.45) is -3.66. The number of thioether (sulfide) groups is 1. The molecule has 0 spiro atoms. The molecule has 2 rings (SSSR count). The molecule has 2 unspecified atom stereocenters.